The maximum absolute atomic E-state index is 13.0. The Morgan fingerprint density at radius 3 is 2.69 bits per heavy atom. The number of halogens is 3. The van der Waals surface area contributed by atoms with Gasteiger partial charge in [-0.1, -0.05) is 6.07 Å². The molecule has 2 N–H and O–H groups in total. The van der Waals surface area contributed by atoms with Crippen LogP contribution in [0.5, 0.6) is 5.75 Å². The van der Waals surface area contributed by atoms with Crippen LogP contribution in [0.15, 0.2) is 47.4 Å². The smallest absolute Gasteiger partial charge is 0.416 e. The summed E-state index contributed by atoms with van der Waals surface area (Å²) in [6.45, 7) is 0.215. The minimum absolute atomic E-state index is 0.0382. The Kier molecular flexibility index (Phi) is 5.45. The van der Waals surface area contributed by atoms with Gasteiger partial charge in [0.2, 0.25) is 11.8 Å². The second kappa shape index (κ2) is 7.97. The number of amides is 2. The van der Waals surface area contributed by atoms with Crippen molar-refractivity contribution in [1.29, 1.82) is 0 Å². The van der Waals surface area contributed by atoms with Crippen molar-refractivity contribution in [3.8, 4) is 5.75 Å². The lowest BCUT2D eigenvalue weighted by atomic mass is 9.99. The topological polar surface area (TPSA) is 102 Å². The number of alkyl halides is 3. The number of benzene rings is 2. The van der Waals surface area contributed by atoms with E-state index < -0.39 is 39.1 Å². The van der Waals surface area contributed by atoms with Gasteiger partial charge in [-0.25, -0.2) is 8.42 Å². The fourth-order valence-corrected chi connectivity index (χ4v) is 4.86. The highest BCUT2D eigenvalue weighted by molar-refractivity contribution is 7.92. The molecule has 168 valence electrons. The molecule has 0 aromatic heterocycles. The monoisotopic (exact) mass is 466 g/mol. The van der Waals surface area contributed by atoms with Crippen LogP contribution in [0, 0.1) is 0 Å². The van der Waals surface area contributed by atoms with Crippen LogP contribution >= 0.6 is 0 Å². The van der Waals surface area contributed by atoms with Crippen molar-refractivity contribution < 1.29 is 35.9 Å². The van der Waals surface area contributed by atoms with Gasteiger partial charge in [-0.15, -0.1) is 0 Å². The summed E-state index contributed by atoms with van der Waals surface area (Å²) in [5, 5.41) is 5.04. The second-order valence-electron chi connectivity index (χ2n) is 7.34. The van der Waals surface area contributed by atoms with Crippen molar-refractivity contribution in [3.05, 3.63) is 53.6 Å². The lowest BCUT2D eigenvalue weighted by Gasteiger charge is -2.18. The van der Waals surface area contributed by atoms with Crippen LogP contribution in [-0.4, -0.2) is 32.6 Å². The first-order valence-electron chi connectivity index (χ1n) is 9.55. The number of ether oxygens (including phenoxy) is 1. The van der Waals surface area contributed by atoms with Crippen LogP contribution < -0.4 is 15.4 Å². The van der Waals surface area contributed by atoms with E-state index in [4.69, 9.17) is 4.74 Å². The second-order valence-corrected chi connectivity index (χ2v) is 9.30. The van der Waals surface area contributed by atoms with E-state index in [1.807, 2.05) is 0 Å². The van der Waals surface area contributed by atoms with Gasteiger partial charge in [-0.2, -0.15) is 13.2 Å². The van der Waals surface area contributed by atoms with Gasteiger partial charge in [0.15, 0.2) is 9.84 Å². The Labute approximate surface area is 181 Å². The summed E-state index contributed by atoms with van der Waals surface area (Å²) in [5.74, 6) is -1.82. The Morgan fingerprint density at radius 2 is 1.94 bits per heavy atom. The molecule has 2 heterocycles. The van der Waals surface area contributed by atoms with E-state index in [1.54, 1.807) is 0 Å². The molecule has 7 nitrogen and oxygen atoms in total. The number of fused-ring (bicyclic) bond motifs is 2. The molecule has 2 aliphatic rings. The summed E-state index contributed by atoms with van der Waals surface area (Å²) in [4.78, 5) is 24.1. The summed E-state index contributed by atoms with van der Waals surface area (Å²) >= 11 is 0. The van der Waals surface area contributed by atoms with Gasteiger partial charge in [0, 0.05) is 17.3 Å². The number of sulfone groups is 1. The first-order valence-corrected chi connectivity index (χ1v) is 11.2. The third-order valence-electron chi connectivity index (χ3n) is 4.99. The predicted octanol–water partition coefficient (Wildman–Crippen LogP) is 3.63. The fraction of sp³-hybridized carbons (Fsp3) is 0.238. The molecular formula is C21H17F3N2O5S. The van der Waals surface area contributed by atoms with E-state index in [9.17, 15) is 31.2 Å². The van der Waals surface area contributed by atoms with Gasteiger partial charge in [-0.05, 0) is 48.7 Å². The van der Waals surface area contributed by atoms with Crippen molar-refractivity contribution in [2.75, 3.05) is 23.0 Å². The molecule has 0 aliphatic carbocycles. The molecule has 0 radical (unpaired) electrons. The largest absolute Gasteiger partial charge is 0.493 e. The van der Waals surface area contributed by atoms with Crippen molar-refractivity contribution in [3.63, 3.8) is 0 Å². The fourth-order valence-electron chi connectivity index (χ4n) is 3.56. The standard InChI is InChI=1S/C21H17F3N2O5S/c22-21(23,24)13-3-5-15-12(2-1-7-31-17(15)9-13)8-19(27)25-14-4-6-18-16(10-14)26-20(28)11-32(18,29)30/h3-6,8-10H,1-2,7,11H2,(H,25,27)(H,26,28)/b12-8+. The van der Waals surface area contributed by atoms with E-state index in [1.165, 1.54) is 30.3 Å². The Hall–Kier alpha value is -3.34. The summed E-state index contributed by atoms with van der Waals surface area (Å²) in [7, 11) is -3.74. The predicted molar refractivity (Wildman–Crippen MR) is 110 cm³/mol. The molecule has 32 heavy (non-hydrogen) atoms. The normalized spacial score (nSPS) is 18.6. The molecule has 2 aromatic carbocycles. The van der Waals surface area contributed by atoms with Gasteiger partial charge in [0.1, 0.15) is 11.5 Å². The lowest BCUT2D eigenvalue weighted by molar-refractivity contribution is -0.137. The number of nitrogens with one attached hydrogen (secondary N) is 2. The summed E-state index contributed by atoms with van der Waals surface area (Å²) in [6, 6.07) is 7.15. The molecule has 0 unspecified atom stereocenters. The third-order valence-corrected chi connectivity index (χ3v) is 6.65. The third kappa shape index (κ3) is 4.47. The van der Waals surface area contributed by atoms with Gasteiger partial charge < -0.3 is 15.4 Å². The van der Waals surface area contributed by atoms with Crippen LogP contribution in [0.2, 0.25) is 0 Å². The van der Waals surface area contributed by atoms with E-state index in [0.29, 0.717) is 24.0 Å². The zero-order chi connectivity index (χ0) is 23.1. The first kappa shape index (κ1) is 21.9. The molecule has 2 aromatic rings. The van der Waals surface area contributed by atoms with E-state index in [-0.39, 0.29) is 28.6 Å². The minimum Gasteiger partial charge on any atom is -0.493 e. The first-order chi connectivity index (χ1) is 15.0. The molecule has 0 saturated carbocycles. The SMILES string of the molecule is O=C(/C=C1\CCCOc2cc(C(F)(F)F)ccc21)Nc1ccc2c(c1)NC(=O)CS2(=O)=O. The summed E-state index contributed by atoms with van der Waals surface area (Å²) in [5.41, 5.74) is 0.389. The maximum atomic E-state index is 13.0. The quantitative estimate of drug-likeness (QED) is 0.659. The van der Waals surface area contributed by atoms with Gasteiger partial charge >= 0.3 is 6.18 Å². The van der Waals surface area contributed by atoms with Gasteiger partial charge in [0.05, 0.1) is 22.8 Å². The molecule has 0 fully saturated rings. The van der Waals surface area contributed by atoms with Crippen LogP contribution in [0.4, 0.5) is 24.5 Å². The molecule has 2 amide bonds. The highest BCUT2D eigenvalue weighted by Gasteiger charge is 2.32. The van der Waals surface area contributed by atoms with Gasteiger partial charge in [-0.3, -0.25) is 9.59 Å². The van der Waals surface area contributed by atoms with E-state index in [2.05, 4.69) is 10.6 Å². The lowest BCUT2D eigenvalue weighted by Crippen LogP contribution is -2.29. The molecule has 4 rings (SSSR count). The number of allylic oxidation sites excluding steroid dienone is 1. The van der Waals surface area contributed by atoms with Crippen LogP contribution in [0.3, 0.4) is 0 Å². The molecule has 0 spiro atoms. The molecule has 0 saturated heterocycles. The number of carbonyl (C=O) groups is 2. The molecule has 2 aliphatic heterocycles. The van der Waals surface area contributed by atoms with Crippen molar-refractivity contribution >= 4 is 38.6 Å². The maximum Gasteiger partial charge on any atom is 0.416 e. The molecular weight excluding hydrogens is 449 g/mol. The minimum atomic E-state index is -4.51. The van der Waals surface area contributed by atoms with Crippen LogP contribution in [0.1, 0.15) is 24.0 Å². The van der Waals surface area contributed by atoms with E-state index >= 15 is 0 Å². The number of hydrogen-bond acceptors (Lipinski definition) is 5. The average Bonchev–Trinajstić information content (AvgIpc) is 2.88. The van der Waals surface area contributed by atoms with Crippen molar-refractivity contribution in [2.45, 2.75) is 23.9 Å². The van der Waals surface area contributed by atoms with Gasteiger partial charge in [0.25, 0.3) is 0 Å². The number of rotatable bonds is 2. The van der Waals surface area contributed by atoms with E-state index in [0.717, 1.165) is 12.1 Å². The van der Waals surface area contributed by atoms with Crippen molar-refractivity contribution in [1.82, 2.24) is 0 Å². The highest BCUT2D eigenvalue weighted by Crippen LogP contribution is 2.38. The van der Waals surface area contributed by atoms with Crippen molar-refractivity contribution in [2.24, 2.45) is 0 Å². The van der Waals surface area contributed by atoms with Crippen LogP contribution in [0.25, 0.3) is 5.57 Å². The zero-order valence-electron chi connectivity index (χ0n) is 16.5. The molecule has 0 atom stereocenters. The number of carbonyl (C=O) groups excluding carboxylic acids is 2. The summed E-state index contributed by atoms with van der Waals surface area (Å²) < 4.78 is 68.6. The number of anilines is 2. The summed E-state index contributed by atoms with van der Waals surface area (Å²) in [6.07, 6.45) is -2.31. The Balaban J connectivity index is 1.60. The molecule has 11 heteroatoms. The van der Waals surface area contributed by atoms with Crippen LogP contribution in [-0.2, 0) is 25.6 Å². The number of hydrogen-bond donors (Lipinski definition) is 2. The Bertz CT molecular complexity index is 1250. The zero-order valence-corrected chi connectivity index (χ0v) is 17.3. The average molecular weight is 466 g/mol. The molecule has 0 bridgehead atoms. The highest BCUT2D eigenvalue weighted by atomic mass is 32.2. The Morgan fingerprint density at radius 1 is 1.16 bits per heavy atom.